The Bertz CT molecular complexity index is 740. The molecular weight excluding hydrogens is 331 g/mol. The van der Waals surface area contributed by atoms with Crippen LogP contribution in [0.15, 0.2) is 41.3 Å². The molecule has 1 aromatic carbocycles. The minimum absolute atomic E-state index is 0.0152. The highest BCUT2D eigenvalue weighted by Crippen LogP contribution is 2.23. The van der Waals surface area contributed by atoms with E-state index in [1.165, 1.54) is 22.5 Å². The van der Waals surface area contributed by atoms with E-state index >= 15 is 0 Å². The molecule has 3 rings (SSSR count). The van der Waals surface area contributed by atoms with E-state index in [1.807, 2.05) is 6.08 Å². The zero-order valence-electron chi connectivity index (χ0n) is 13.4. The highest BCUT2D eigenvalue weighted by Gasteiger charge is 2.32. The van der Waals surface area contributed by atoms with Crippen LogP contribution in [0.3, 0.4) is 0 Å². The van der Waals surface area contributed by atoms with Crippen molar-refractivity contribution >= 4 is 15.9 Å². The van der Waals surface area contributed by atoms with Crippen molar-refractivity contribution in [2.75, 3.05) is 26.2 Å². The molecule has 24 heavy (non-hydrogen) atoms. The van der Waals surface area contributed by atoms with Gasteiger partial charge in [-0.25, -0.2) is 12.8 Å². The third-order valence-electron chi connectivity index (χ3n) is 4.60. The summed E-state index contributed by atoms with van der Waals surface area (Å²) in [6.07, 6.45) is 6.67. The number of allylic oxidation sites excluding steroid dienone is 2. The van der Waals surface area contributed by atoms with Gasteiger partial charge in [-0.1, -0.05) is 18.2 Å². The van der Waals surface area contributed by atoms with Crippen molar-refractivity contribution < 1.29 is 17.6 Å². The maximum absolute atomic E-state index is 13.3. The molecule has 1 heterocycles. The molecule has 0 unspecified atom stereocenters. The summed E-state index contributed by atoms with van der Waals surface area (Å²) in [7, 11) is -3.71. The smallest absolute Gasteiger partial charge is 0.243 e. The van der Waals surface area contributed by atoms with E-state index in [0.717, 1.165) is 25.3 Å². The molecule has 1 fully saturated rings. The van der Waals surface area contributed by atoms with Crippen LogP contribution in [0.25, 0.3) is 0 Å². The monoisotopic (exact) mass is 352 g/mol. The van der Waals surface area contributed by atoms with Crippen molar-refractivity contribution in [2.24, 2.45) is 5.92 Å². The van der Waals surface area contributed by atoms with Crippen LogP contribution in [-0.4, -0.2) is 49.7 Å². The summed E-state index contributed by atoms with van der Waals surface area (Å²) >= 11 is 0. The molecule has 0 aromatic heterocycles. The van der Waals surface area contributed by atoms with Crippen LogP contribution >= 0.6 is 0 Å². The van der Waals surface area contributed by atoms with E-state index < -0.39 is 15.8 Å². The average Bonchev–Trinajstić information content (AvgIpc) is 2.62. The number of sulfonamides is 1. The molecule has 5 nitrogen and oxygen atoms in total. The molecule has 7 heteroatoms. The fourth-order valence-electron chi connectivity index (χ4n) is 3.20. The number of hydrogen-bond donors (Lipinski definition) is 0. The first kappa shape index (κ1) is 17.1. The lowest BCUT2D eigenvalue weighted by atomic mass is 9.93. The average molecular weight is 352 g/mol. The number of carbonyl (C=O) groups is 1. The minimum Gasteiger partial charge on any atom is -0.340 e. The van der Waals surface area contributed by atoms with Crippen molar-refractivity contribution in [3.8, 4) is 0 Å². The van der Waals surface area contributed by atoms with Gasteiger partial charge in [0.25, 0.3) is 0 Å². The van der Waals surface area contributed by atoms with Gasteiger partial charge in [-0.2, -0.15) is 4.31 Å². The number of nitrogens with zero attached hydrogens (tertiary/aromatic N) is 2. The number of hydrogen-bond acceptors (Lipinski definition) is 3. The second-order valence-corrected chi connectivity index (χ2v) is 8.11. The minimum atomic E-state index is -3.71. The first-order chi connectivity index (χ1) is 11.5. The number of carbonyl (C=O) groups excluding carboxylic acids is 1. The molecule has 0 saturated carbocycles. The Labute approximate surface area is 141 Å². The Morgan fingerprint density at radius 1 is 1.12 bits per heavy atom. The summed E-state index contributed by atoms with van der Waals surface area (Å²) in [5, 5.41) is 0. The van der Waals surface area contributed by atoms with Gasteiger partial charge in [0.1, 0.15) is 5.82 Å². The standard InChI is InChI=1S/C17H21FN2O3S/c18-15-7-4-8-16(13-15)24(22,23)20-11-9-19(10-12-20)17(21)14-5-2-1-3-6-14/h1-2,4,7-8,13-14H,3,5-6,9-12H2/t14-/m0/s1. The summed E-state index contributed by atoms with van der Waals surface area (Å²) in [5.41, 5.74) is 0. The number of benzene rings is 1. The third kappa shape index (κ3) is 3.52. The van der Waals surface area contributed by atoms with Crippen LogP contribution in [0.1, 0.15) is 19.3 Å². The second-order valence-electron chi connectivity index (χ2n) is 6.17. The van der Waals surface area contributed by atoms with E-state index in [9.17, 15) is 17.6 Å². The van der Waals surface area contributed by atoms with Gasteiger partial charge in [0.15, 0.2) is 0 Å². The summed E-state index contributed by atoms with van der Waals surface area (Å²) in [4.78, 5) is 14.2. The quantitative estimate of drug-likeness (QED) is 0.782. The van der Waals surface area contributed by atoms with Gasteiger partial charge in [-0.3, -0.25) is 4.79 Å². The Morgan fingerprint density at radius 3 is 2.50 bits per heavy atom. The number of amides is 1. The number of piperazine rings is 1. The van der Waals surface area contributed by atoms with Gasteiger partial charge in [-0.05, 0) is 37.5 Å². The molecular formula is C17H21FN2O3S. The zero-order chi connectivity index (χ0) is 17.2. The largest absolute Gasteiger partial charge is 0.340 e. The molecule has 0 N–H and O–H groups in total. The molecule has 1 atom stereocenters. The van der Waals surface area contributed by atoms with Gasteiger partial charge >= 0.3 is 0 Å². The molecule has 130 valence electrons. The third-order valence-corrected chi connectivity index (χ3v) is 6.50. The lowest BCUT2D eigenvalue weighted by Gasteiger charge is -2.36. The Kier molecular flexibility index (Phi) is 5.01. The van der Waals surface area contributed by atoms with Gasteiger partial charge < -0.3 is 4.90 Å². The van der Waals surface area contributed by atoms with Gasteiger partial charge in [0.05, 0.1) is 4.90 Å². The molecule has 0 spiro atoms. The molecule has 1 saturated heterocycles. The van der Waals surface area contributed by atoms with Crippen molar-refractivity contribution in [3.05, 3.63) is 42.2 Å². The van der Waals surface area contributed by atoms with Crippen molar-refractivity contribution in [1.82, 2.24) is 9.21 Å². The molecule has 0 bridgehead atoms. The summed E-state index contributed by atoms with van der Waals surface area (Å²) in [5.74, 6) is -0.446. The maximum Gasteiger partial charge on any atom is 0.243 e. The Hall–Kier alpha value is -1.73. The van der Waals surface area contributed by atoms with Gasteiger partial charge in [0, 0.05) is 32.1 Å². The number of rotatable bonds is 3. The van der Waals surface area contributed by atoms with E-state index in [0.29, 0.717) is 13.1 Å². The van der Waals surface area contributed by atoms with Crippen LogP contribution in [0.5, 0.6) is 0 Å². The van der Waals surface area contributed by atoms with Crippen LogP contribution in [-0.2, 0) is 14.8 Å². The molecule has 1 aliphatic carbocycles. The van der Waals surface area contributed by atoms with E-state index in [4.69, 9.17) is 0 Å². The second kappa shape index (κ2) is 7.03. The highest BCUT2D eigenvalue weighted by atomic mass is 32.2. The topological polar surface area (TPSA) is 57.7 Å². The zero-order valence-corrected chi connectivity index (χ0v) is 14.2. The lowest BCUT2D eigenvalue weighted by molar-refractivity contribution is -0.137. The van der Waals surface area contributed by atoms with Gasteiger partial charge in [0.2, 0.25) is 15.9 Å². The maximum atomic E-state index is 13.3. The molecule has 0 radical (unpaired) electrons. The van der Waals surface area contributed by atoms with Crippen LogP contribution in [0.2, 0.25) is 0 Å². The first-order valence-electron chi connectivity index (χ1n) is 8.18. The van der Waals surface area contributed by atoms with Crippen molar-refractivity contribution in [3.63, 3.8) is 0 Å². The number of halogens is 1. The van der Waals surface area contributed by atoms with Crippen molar-refractivity contribution in [1.29, 1.82) is 0 Å². The lowest BCUT2D eigenvalue weighted by Crippen LogP contribution is -2.51. The molecule has 1 amide bonds. The summed E-state index contributed by atoms with van der Waals surface area (Å²) in [6.45, 7) is 1.25. The first-order valence-corrected chi connectivity index (χ1v) is 9.62. The Morgan fingerprint density at radius 2 is 1.88 bits per heavy atom. The fraction of sp³-hybridized carbons (Fsp3) is 0.471. The Balaban J connectivity index is 1.64. The van der Waals surface area contributed by atoms with Gasteiger partial charge in [-0.15, -0.1) is 0 Å². The van der Waals surface area contributed by atoms with E-state index in [1.54, 1.807) is 4.90 Å². The van der Waals surface area contributed by atoms with Crippen LogP contribution < -0.4 is 0 Å². The van der Waals surface area contributed by atoms with E-state index in [-0.39, 0.29) is 29.8 Å². The van der Waals surface area contributed by atoms with Crippen LogP contribution in [0, 0.1) is 11.7 Å². The summed E-state index contributed by atoms with van der Waals surface area (Å²) < 4.78 is 39.8. The predicted octanol–water partition coefficient (Wildman–Crippen LogP) is 2.01. The molecule has 1 aliphatic heterocycles. The summed E-state index contributed by atoms with van der Waals surface area (Å²) in [6, 6.07) is 5.03. The fourth-order valence-corrected chi connectivity index (χ4v) is 4.66. The van der Waals surface area contributed by atoms with Crippen molar-refractivity contribution in [2.45, 2.75) is 24.2 Å². The normalized spacial score (nSPS) is 22.5. The molecule has 2 aliphatic rings. The predicted molar refractivity (Wildman–Crippen MR) is 88.2 cm³/mol. The van der Waals surface area contributed by atoms with Crippen LogP contribution in [0.4, 0.5) is 4.39 Å². The SMILES string of the molecule is O=C([C@H]1CC=CCC1)N1CCN(S(=O)(=O)c2cccc(F)c2)CC1. The highest BCUT2D eigenvalue weighted by molar-refractivity contribution is 7.89. The van der Waals surface area contributed by atoms with E-state index in [2.05, 4.69) is 6.08 Å². The molecule has 1 aromatic rings.